The lowest BCUT2D eigenvalue weighted by atomic mass is 9.98. The molecule has 8 nitrogen and oxygen atoms in total. The maximum absolute atomic E-state index is 12.6. The smallest absolute Gasteiger partial charge is 0.239 e. The average Bonchev–Trinajstić information content (AvgIpc) is 2.95. The highest BCUT2D eigenvalue weighted by molar-refractivity contribution is 6.00. The highest BCUT2D eigenvalue weighted by atomic mass is 16.5. The van der Waals surface area contributed by atoms with Gasteiger partial charge in [0.05, 0.1) is 30.3 Å². The van der Waals surface area contributed by atoms with Gasteiger partial charge in [-0.15, -0.1) is 0 Å². The quantitative estimate of drug-likeness (QED) is 0.409. The lowest BCUT2D eigenvalue weighted by molar-refractivity contribution is -0.137. The molecule has 198 valence electrons. The molecule has 1 fully saturated rings. The Morgan fingerprint density at radius 2 is 1.69 bits per heavy atom. The van der Waals surface area contributed by atoms with Crippen LogP contribution in [-0.2, 0) is 4.79 Å². The minimum absolute atomic E-state index is 0.0174. The fourth-order valence-corrected chi connectivity index (χ4v) is 5.49. The van der Waals surface area contributed by atoms with Crippen LogP contribution >= 0.6 is 0 Å². The number of aromatic nitrogens is 2. The van der Waals surface area contributed by atoms with E-state index in [0.29, 0.717) is 18.7 Å². The summed E-state index contributed by atoms with van der Waals surface area (Å²) >= 11 is 0. The highest BCUT2D eigenvalue weighted by Crippen LogP contribution is 2.39. The zero-order chi connectivity index (χ0) is 27.7. The molecule has 3 atom stereocenters. The summed E-state index contributed by atoms with van der Waals surface area (Å²) in [6, 6.07) is 19.3. The number of anilines is 1. The van der Waals surface area contributed by atoms with Gasteiger partial charge in [0.15, 0.2) is 0 Å². The zero-order valence-electron chi connectivity index (χ0n) is 22.6. The Morgan fingerprint density at radius 3 is 2.28 bits per heavy atom. The monoisotopic (exact) mass is 520 g/mol. The molecular formula is C31H32N6O2. The molecule has 1 aliphatic rings. The second kappa shape index (κ2) is 10.7. The first-order chi connectivity index (χ1) is 18.8. The molecule has 2 aromatic heterocycles. The lowest BCUT2D eigenvalue weighted by Gasteiger charge is -2.45. The van der Waals surface area contributed by atoms with Crippen molar-refractivity contribution in [3.8, 4) is 34.1 Å². The minimum Gasteiger partial charge on any atom is -0.495 e. The molecule has 0 aliphatic carbocycles. The largest absolute Gasteiger partial charge is 0.495 e. The highest BCUT2D eigenvalue weighted by Gasteiger charge is 2.34. The van der Waals surface area contributed by atoms with E-state index in [1.54, 1.807) is 14.0 Å². The number of ether oxygens (including phenoxy) is 1. The van der Waals surface area contributed by atoms with Crippen molar-refractivity contribution in [2.24, 2.45) is 5.73 Å². The van der Waals surface area contributed by atoms with Gasteiger partial charge < -0.3 is 20.3 Å². The summed E-state index contributed by atoms with van der Waals surface area (Å²) in [5, 5.41) is 10.0. The number of carbonyl (C=O) groups is 1. The Hall–Kier alpha value is -4.48. The number of hydrogen-bond donors (Lipinski definition) is 1. The molecule has 2 unspecified atom stereocenters. The van der Waals surface area contributed by atoms with Crippen LogP contribution < -0.4 is 15.4 Å². The molecule has 0 radical (unpaired) electrons. The van der Waals surface area contributed by atoms with Crippen LogP contribution in [0.15, 0.2) is 67.0 Å². The van der Waals surface area contributed by atoms with Gasteiger partial charge in [0, 0.05) is 59.6 Å². The number of rotatable bonds is 5. The summed E-state index contributed by atoms with van der Waals surface area (Å²) in [5.74, 6) is 1.58. The van der Waals surface area contributed by atoms with Gasteiger partial charge in [-0.25, -0.2) is 4.98 Å². The second-order valence-electron chi connectivity index (χ2n) is 10.1. The third-order valence-corrected chi connectivity index (χ3v) is 7.32. The first-order valence-electron chi connectivity index (χ1n) is 13.1. The fourth-order valence-electron chi connectivity index (χ4n) is 5.49. The van der Waals surface area contributed by atoms with Crippen molar-refractivity contribution in [3.63, 3.8) is 0 Å². The number of hydrogen-bond acceptors (Lipinski definition) is 7. The molecule has 8 heteroatoms. The van der Waals surface area contributed by atoms with Crippen molar-refractivity contribution < 1.29 is 9.53 Å². The summed E-state index contributed by atoms with van der Waals surface area (Å²) in [4.78, 5) is 26.3. The van der Waals surface area contributed by atoms with Crippen LogP contribution in [0.25, 0.3) is 33.2 Å². The Labute approximate surface area is 228 Å². The second-order valence-corrected chi connectivity index (χ2v) is 10.1. The number of para-hydroxylation sites is 1. The van der Waals surface area contributed by atoms with E-state index in [2.05, 4.69) is 24.8 Å². The van der Waals surface area contributed by atoms with Gasteiger partial charge in [0.25, 0.3) is 0 Å². The van der Waals surface area contributed by atoms with E-state index in [1.165, 1.54) is 0 Å². The van der Waals surface area contributed by atoms with Crippen LogP contribution in [0.2, 0.25) is 0 Å². The van der Waals surface area contributed by atoms with Crippen molar-refractivity contribution >= 4 is 22.6 Å². The predicted octanol–water partition coefficient (Wildman–Crippen LogP) is 4.62. The van der Waals surface area contributed by atoms with Gasteiger partial charge in [0.2, 0.25) is 5.91 Å². The van der Waals surface area contributed by atoms with E-state index in [-0.39, 0.29) is 18.0 Å². The molecule has 39 heavy (non-hydrogen) atoms. The van der Waals surface area contributed by atoms with Crippen LogP contribution in [-0.4, -0.2) is 59.1 Å². The summed E-state index contributed by atoms with van der Waals surface area (Å²) in [6.07, 6.45) is 3.67. The third kappa shape index (κ3) is 4.89. The Morgan fingerprint density at radius 1 is 1.00 bits per heavy atom. The van der Waals surface area contributed by atoms with Crippen molar-refractivity contribution in [1.82, 2.24) is 14.9 Å². The maximum Gasteiger partial charge on any atom is 0.239 e. The van der Waals surface area contributed by atoms with Crippen LogP contribution in [0.5, 0.6) is 5.75 Å². The Balaban J connectivity index is 1.44. The molecule has 0 bridgehead atoms. The number of piperazine rings is 1. The molecule has 1 amide bonds. The maximum atomic E-state index is 12.6. The summed E-state index contributed by atoms with van der Waals surface area (Å²) in [7, 11) is 1.67. The molecule has 3 heterocycles. The molecular weight excluding hydrogens is 488 g/mol. The molecule has 5 rings (SSSR count). The molecule has 0 saturated carbocycles. The van der Waals surface area contributed by atoms with Crippen molar-refractivity contribution in [1.29, 1.82) is 5.26 Å². The van der Waals surface area contributed by atoms with Gasteiger partial charge >= 0.3 is 0 Å². The first-order valence-corrected chi connectivity index (χ1v) is 13.1. The van der Waals surface area contributed by atoms with Crippen molar-refractivity contribution in [2.45, 2.75) is 38.9 Å². The van der Waals surface area contributed by atoms with Crippen LogP contribution in [0, 0.1) is 11.3 Å². The van der Waals surface area contributed by atoms with E-state index in [9.17, 15) is 4.79 Å². The van der Waals surface area contributed by atoms with Crippen LogP contribution in [0.1, 0.15) is 26.3 Å². The van der Waals surface area contributed by atoms with Crippen molar-refractivity contribution in [2.75, 3.05) is 25.1 Å². The SMILES string of the molecule is COc1c(-c2ccc(N3CC(C)N(C(=O)C(C)N)[C@H](C)C3)nc2)cnc2c(-c3ccc(C#N)cc3)cccc12. The van der Waals surface area contributed by atoms with E-state index in [4.69, 9.17) is 25.7 Å². The van der Waals surface area contributed by atoms with E-state index in [0.717, 1.165) is 44.7 Å². The number of benzene rings is 2. The molecule has 0 spiro atoms. The number of carbonyl (C=O) groups excluding carboxylic acids is 1. The average molecular weight is 521 g/mol. The number of methoxy groups -OCH3 is 1. The Kier molecular flexibility index (Phi) is 7.18. The number of pyridine rings is 2. The molecule has 1 saturated heterocycles. The third-order valence-electron chi connectivity index (χ3n) is 7.32. The predicted molar refractivity (Wildman–Crippen MR) is 153 cm³/mol. The van der Waals surface area contributed by atoms with Gasteiger partial charge in [0.1, 0.15) is 11.6 Å². The minimum atomic E-state index is -0.510. The first kappa shape index (κ1) is 26.1. The van der Waals surface area contributed by atoms with Crippen LogP contribution in [0.4, 0.5) is 5.82 Å². The zero-order valence-corrected chi connectivity index (χ0v) is 22.6. The fraction of sp³-hybridized carbons (Fsp3) is 0.290. The Bertz CT molecular complexity index is 1530. The van der Waals surface area contributed by atoms with Gasteiger partial charge in [-0.3, -0.25) is 9.78 Å². The normalized spacial score (nSPS) is 18.1. The molecule has 1 aliphatic heterocycles. The summed E-state index contributed by atoms with van der Waals surface area (Å²) in [6.45, 7) is 7.21. The van der Waals surface area contributed by atoms with E-state index in [1.807, 2.05) is 71.9 Å². The number of fused-ring (bicyclic) bond motifs is 1. The van der Waals surface area contributed by atoms with Crippen molar-refractivity contribution in [3.05, 3.63) is 72.6 Å². The number of amides is 1. The molecule has 4 aromatic rings. The van der Waals surface area contributed by atoms with Gasteiger partial charge in [-0.2, -0.15) is 5.26 Å². The summed E-state index contributed by atoms with van der Waals surface area (Å²) in [5.41, 5.74) is 11.0. The lowest BCUT2D eigenvalue weighted by Crippen LogP contribution is -2.61. The topological polar surface area (TPSA) is 108 Å². The number of nitrogens with zero attached hydrogens (tertiary/aromatic N) is 5. The van der Waals surface area contributed by atoms with E-state index < -0.39 is 6.04 Å². The van der Waals surface area contributed by atoms with Gasteiger partial charge in [-0.1, -0.05) is 24.3 Å². The van der Waals surface area contributed by atoms with E-state index >= 15 is 0 Å². The number of nitrogens with two attached hydrogens (primary N) is 1. The molecule has 2 N–H and O–H groups in total. The summed E-state index contributed by atoms with van der Waals surface area (Å²) < 4.78 is 5.90. The number of nitriles is 1. The molecule has 2 aromatic carbocycles. The van der Waals surface area contributed by atoms with Crippen LogP contribution in [0.3, 0.4) is 0 Å². The van der Waals surface area contributed by atoms with Gasteiger partial charge in [-0.05, 0) is 56.7 Å². The standard InChI is InChI=1S/C31H32N6O2/c1-19-17-36(18-20(2)37(19)31(38)21(3)33)28-13-12-24(15-34-28)27-16-35-29-25(6-5-7-26(29)30(27)39-4)23-10-8-22(14-32)9-11-23/h5-13,15-16,19-21H,17-18,33H2,1-4H3/t19-,20?,21?/m1/s1.